The molecule has 0 bridgehead atoms. The predicted octanol–water partition coefficient (Wildman–Crippen LogP) is 4.89. The Morgan fingerprint density at radius 1 is 0.667 bits per heavy atom. The summed E-state index contributed by atoms with van der Waals surface area (Å²) < 4.78 is 0. The van der Waals surface area contributed by atoms with Crippen molar-refractivity contribution in [2.75, 3.05) is 40.3 Å². The van der Waals surface area contributed by atoms with Crippen molar-refractivity contribution in [3.8, 4) is 0 Å². The summed E-state index contributed by atoms with van der Waals surface area (Å²) in [6.45, 7) is 19.2. The summed E-state index contributed by atoms with van der Waals surface area (Å²) in [5.74, 6) is 0. The molecule has 0 aliphatic carbocycles. The number of hydrogen-bond acceptors (Lipinski definition) is 2. The van der Waals surface area contributed by atoms with Crippen molar-refractivity contribution in [1.82, 2.24) is 9.80 Å². The molecule has 0 fully saturated rings. The minimum absolute atomic E-state index is 0.473. The zero-order valence-electron chi connectivity index (χ0n) is 16.3. The van der Waals surface area contributed by atoms with E-state index in [1.54, 1.807) is 0 Å². The fourth-order valence-corrected chi connectivity index (χ4v) is 2.77. The monoisotopic (exact) mass is 298 g/mol. The van der Waals surface area contributed by atoms with Gasteiger partial charge in [0.15, 0.2) is 0 Å². The Balaban J connectivity index is 4.05. The molecule has 0 rings (SSSR count). The SMILES string of the molecule is CCN(CC)CCCC(C)(C)CCC(C)(C)CCN(C)C. The second-order valence-electron chi connectivity index (χ2n) is 8.51. The van der Waals surface area contributed by atoms with Gasteiger partial charge in [-0.15, -0.1) is 0 Å². The van der Waals surface area contributed by atoms with Gasteiger partial charge in [0.25, 0.3) is 0 Å². The summed E-state index contributed by atoms with van der Waals surface area (Å²) in [4.78, 5) is 4.84. The molecule has 0 radical (unpaired) electrons. The average molecular weight is 299 g/mol. The molecule has 2 nitrogen and oxygen atoms in total. The van der Waals surface area contributed by atoms with Gasteiger partial charge in [0.2, 0.25) is 0 Å². The van der Waals surface area contributed by atoms with Gasteiger partial charge in [-0.05, 0) is 83.2 Å². The van der Waals surface area contributed by atoms with Crippen molar-refractivity contribution >= 4 is 0 Å². The molecular weight excluding hydrogens is 256 g/mol. The van der Waals surface area contributed by atoms with E-state index < -0.39 is 0 Å². The van der Waals surface area contributed by atoms with Gasteiger partial charge in [0.1, 0.15) is 0 Å². The van der Waals surface area contributed by atoms with E-state index in [-0.39, 0.29) is 0 Å². The van der Waals surface area contributed by atoms with E-state index in [4.69, 9.17) is 0 Å². The molecular formula is C19H42N2. The van der Waals surface area contributed by atoms with Gasteiger partial charge in [-0.2, -0.15) is 0 Å². The highest BCUT2D eigenvalue weighted by Gasteiger charge is 2.24. The van der Waals surface area contributed by atoms with E-state index >= 15 is 0 Å². The molecule has 0 saturated heterocycles. The van der Waals surface area contributed by atoms with Crippen LogP contribution in [0.2, 0.25) is 0 Å². The third-order valence-corrected chi connectivity index (χ3v) is 4.94. The van der Waals surface area contributed by atoms with Crippen LogP contribution in [0.4, 0.5) is 0 Å². The van der Waals surface area contributed by atoms with Crippen molar-refractivity contribution in [2.45, 2.75) is 73.6 Å². The Morgan fingerprint density at radius 2 is 1.14 bits per heavy atom. The van der Waals surface area contributed by atoms with Crippen LogP contribution in [0, 0.1) is 10.8 Å². The smallest absolute Gasteiger partial charge is 0.00188 e. The first-order chi connectivity index (χ1) is 9.62. The molecule has 0 spiro atoms. The topological polar surface area (TPSA) is 6.48 Å². The number of hydrogen-bond donors (Lipinski definition) is 0. The Labute approximate surface area is 135 Å². The number of rotatable bonds is 12. The molecule has 2 heteroatoms. The normalized spacial score (nSPS) is 13.4. The lowest BCUT2D eigenvalue weighted by atomic mass is 9.75. The van der Waals surface area contributed by atoms with Crippen LogP contribution in [-0.2, 0) is 0 Å². The Kier molecular flexibility index (Phi) is 9.80. The van der Waals surface area contributed by atoms with Crippen LogP contribution in [-0.4, -0.2) is 50.1 Å². The lowest BCUT2D eigenvalue weighted by molar-refractivity contribution is 0.190. The molecule has 0 unspecified atom stereocenters. The van der Waals surface area contributed by atoms with Crippen molar-refractivity contribution < 1.29 is 0 Å². The predicted molar refractivity (Wildman–Crippen MR) is 97.0 cm³/mol. The average Bonchev–Trinajstić information content (AvgIpc) is 2.40. The fraction of sp³-hybridized carbons (Fsp3) is 1.00. The zero-order valence-corrected chi connectivity index (χ0v) is 16.3. The van der Waals surface area contributed by atoms with Crippen molar-refractivity contribution in [3.05, 3.63) is 0 Å². The molecule has 0 aliphatic heterocycles. The Hall–Kier alpha value is -0.0800. The molecule has 0 aromatic rings. The number of nitrogens with zero attached hydrogens (tertiary/aromatic N) is 2. The third-order valence-electron chi connectivity index (χ3n) is 4.94. The molecule has 128 valence electrons. The summed E-state index contributed by atoms with van der Waals surface area (Å²) in [5.41, 5.74) is 0.961. The molecule has 0 atom stereocenters. The minimum Gasteiger partial charge on any atom is -0.309 e. The maximum Gasteiger partial charge on any atom is -0.00188 e. The highest BCUT2D eigenvalue weighted by Crippen LogP contribution is 2.35. The highest BCUT2D eigenvalue weighted by molar-refractivity contribution is 4.76. The summed E-state index contributed by atoms with van der Waals surface area (Å²) in [6, 6.07) is 0. The van der Waals surface area contributed by atoms with E-state index in [9.17, 15) is 0 Å². The maximum atomic E-state index is 2.54. The molecule has 0 aliphatic rings. The minimum atomic E-state index is 0.473. The zero-order chi connectivity index (χ0) is 16.5. The second kappa shape index (κ2) is 9.84. The first-order valence-electron chi connectivity index (χ1n) is 8.99. The van der Waals surface area contributed by atoms with Crippen LogP contribution in [0.3, 0.4) is 0 Å². The van der Waals surface area contributed by atoms with Gasteiger partial charge in [0.05, 0.1) is 0 Å². The van der Waals surface area contributed by atoms with Gasteiger partial charge >= 0.3 is 0 Å². The quantitative estimate of drug-likeness (QED) is 0.506. The molecule has 0 heterocycles. The third kappa shape index (κ3) is 11.2. The van der Waals surface area contributed by atoms with Crippen molar-refractivity contribution in [2.24, 2.45) is 10.8 Å². The van der Waals surface area contributed by atoms with E-state index in [1.807, 2.05) is 0 Å². The molecule has 21 heavy (non-hydrogen) atoms. The van der Waals surface area contributed by atoms with E-state index in [0.717, 1.165) is 0 Å². The van der Waals surface area contributed by atoms with Crippen molar-refractivity contribution in [3.63, 3.8) is 0 Å². The van der Waals surface area contributed by atoms with E-state index in [1.165, 1.54) is 58.3 Å². The summed E-state index contributed by atoms with van der Waals surface area (Å²) in [6.07, 6.45) is 6.69. The van der Waals surface area contributed by atoms with Gasteiger partial charge < -0.3 is 9.80 Å². The molecule has 0 N–H and O–H groups in total. The van der Waals surface area contributed by atoms with Crippen LogP contribution in [0.5, 0.6) is 0 Å². The van der Waals surface area contributed by atoms with Crippen LogP contribution in [0.15, 0.2) is 0 Å². The van der Waals surface area contributed by atoms with Gasteiger partial charge in [-0.1, -0.05) is 41.5 Å². The largest absolute Gasteiger partial charge is 0.309 e. The lowest BCUT2D eigenvalue weighted by Crippen LogP contribution is -2.26. The molecule has 0 amide bonds. The summed E-state index contributed by atoms with van der Waals surface area (Å²) >= 11 is 0. The summed E-state index contributed by atoms with van der Waals surface area (Å²) in [5, 5.41) is 0. The molecule has 0 aromatic heterocycles. The van der Waals surface area contributed by atoms with E-state index in [0.29, 0.717) is 10.8 Å². The highest BCUT2D eigenvalue weighted by atomic mass is 15.1. The molecule has 0 aromatic carbocycles. The molecule has 0 saturated carbocycles. The standard InChI is InChI=1S/C19H42N2/c1-9-21(10-2)16-11-12-18(3,4)13-14-19(5,6)15-17-20(7)8/h9-17H2,1-8H3. The second-order valence-corrected chi connectivity index (χ2v) is 8.51. The van der Waals surface area contributed by atoms with Gasteiger partial charge in [0, 0.05) is 0 Å². The first-order valence-corrected chi connectivity index (χ1v) is 8.99. The van der Waals surface area contributed by atoms with Crippen LogP contribution >= 0.6 is 0 Å². The Morgan fingerprint density at radius 3 is 1.57 bits per heavy atom. The van der Waals surface area contributed by atoms with E-state index in [2.05, 4.69) is 65.4 Å². The Bertz CT molecular complexity index is 252. The van der Waals surface area contributed by atoms with Gasteiger partial charge in [-0.25, -0.2) is 0 Å². The van der Waals surface area contributed by atoms with Crippen LogP contribution in [0.1, 0.15) is 73.6 Å². The lowest BCUT2D eigenvalue weighted by Gasteiger charge is -2.32. The van der Waals surface area contributed by atoms with Gasteiger partial charge in [-0.3, -0.25) is 0 Å². The summed E-state index contributed by atoms with van der Waals surface area (Å²) in [7, 11) is 4.35. The van der Waals surface area contributed by atoms with Crippen molar-refractivity contribution in [1.29, 1.82) is 0 Å². The first kappa shape index (κ1) is 20.9. The maximum absolute atomic E-state index is 2.54. The fourth-order valence-electron chi connectivity index (χ4n) is 2.77. The van der Waals surface area contributed by atoms with Crippen LogP contribution < -0.4 is 0 Å². The van der Waals surface area contributed by atoms with Crippen LogP contribution in [0.25, 0.3) is 0 Å².